The third-order valence-electron chi connectivity index (χ3n) is 7.44. The lowest BCUT2D eigenvalue weighted by molar-refractivity contribution is -0.0548. The Balaban J connectivity index is 1.77. The van der Waals surface area contributed by atoms with Gasteiger partial charge in [0, 0.05) is 17.3 Å². The molecule has 0 saturated heterocycles. The molecule has 0 amide bonds. The lowest BCUT2D eigenvalue weighted by Crippen LogP contribution is -2.43. The number of aromatic nitrogens is 2. The lowest BCUT2D eigenvalue weighted by atomic mass is 9.78. The van der Waals surface area contributed by atoms with Crippen molar-refractivity contribution in [2.75, 3.05) is 6.61 Å². The Kier molecular flexibility index (Phi) is 4.70. The molecule has 2 aliphatic carbocycles. The van der Waals surface area contributed by atoms with E-state index in [0.29, 0.717) is 11.1 Å². The van der Waals surface area contributed by atoms with Crippen molar-refractivity contribution in [2.24, 2.45) is 0 Å². The Morgan fingerprint density at radius 1 is 1.16 bits per heavy atom. The minimum absolute atomic E-state index is 0.0531. The van der Waals surface area contributed by atoms with Crippen LogP contribution in [-0.2, 0) is 11.1 Å². The first-order chi connectivity index (χ1) is 15.2. The molecule has 0 unspecified atom stereocenters. The van der Waals surface area contributed by atoms with Crippen LogP contribution in [0, 0.1) is 0 Å². The highest BCUT2D eigenvalue weighted by Gasteiger charge is 2.53. The molecule has 0 bridgehead atoms. The second-order valence-corrected chi connectivity index (χ2v) is 9.69. The van der Waals surface area contributed by atoms with Crippen LogP contribution in [0.3, 0.4) is 0 Å². The van der Waals surface area contributed by atoms with E-state index in [1.54, 1.807) is 18.3 Å². The van der Waals surface area contributed by atoms with Crippen LogP contribution in [0.4, 0.5) is 4.39 Å². The van der Waals surface area contributed by atoms with Gasteiger partial charge in [-0.25, -0.2) is 4.39 Å². The molecule has 1 aromatic heterocycles. The van der Waals surface area contributed by atoms with Crippen molar-refractivity contribution in [3.63, 3.8) is 0 Å². The predicted octanol–water partition coefficient (Wildman–Crippen LogP) is 5.42. The molecule has 0 spiro atoms. The maximum atomic E-state index is 15.6. The summed E-state index contributed by atoms with van der Waals surface area (Å²) in [5.74, 6) is 0. The summed E-state index contributed by atoms with van der Waals surface area (Å²) >= 11 is 0. The zero-order chi connectivity index (χ0) is 22.7. The SMILES string of the molecule is C=Cc1cc(-c2cnn(C3(CO)CCCC3)c2)c2c(c1)[C@@](O)(C(C)(C)F)c1ccccc1-2. The molecule has 3 aromatic rings. The summed E-state index contributed by atoms with van der Waals surface area (Å²) in [5.41, 5.74) is 1.28. The van der Waals surface area contributed by atoms with Crippen LogP contribution in [0.2, 0.25) is 0 Å². The van der Waals surface area contributed by atoms with Crippen LogP contribution in [0.5, 0.6) is 0 Å². The molecule has 4 nitrogen and oxygen atoms in total. The van der Waals surface area contributed by atoms with Crippen molar-refractivity contribution in [3.05, 3.63) is 72.1 Å². The summed E-state index contributed by atoms with van der Waals surface area (Å²) in [4.78, 5) is 0. The maximum Gasteiger partial charge on any atom is 0.149 e. The molecular weight excluding hydrogens is 403 g/mol. The van der Waals surface area contributed by atoms with Crippen molar-refractivity contribution in [1.29, 1.82) is 0 Å². The standard InChI is InChI=1S/C27H29FN2O2/c1-4-18-13-21(19-15-29-30(16-19)26(17-31)11-7-8-12-26)24-20-9-5-6-10-22(20)27(32,23(24)14-18)25(2,3)28/h4-6,9-10,13-16,31-32H,1,7-8,11-12,17H2,2-3H3/t27-/m1/s1. The third kappa shape index (κ3) is 2.77. The number of hydrogen-bond acceptors (Lipinski definition) is 3. The highest BCUT2D eigenvalue weighted by molar-refractivity contribution is 5.93. The zero-order valence-corrected chi connectivity index (χ0v) is 18.6. The Morgan fingerprint density at radius 2 is 1.88 bits per heavy atom. The molecule has 0 radical (unpaired) electrons. The van der Waals surface area contributed by atoms with Crippen LogP contribution in [-0.4, -0.2) is 32.3 Å². The fourth-order valence-corrected chi connectivity index (χ4v) is 5.60. The second-order valence-electron chi connectivity index (χ2n) is 9.69. The Hall–Kier alpha value is -2.76. The normalized spacial score (nSPS) is 21.4. The number of halogens is 1. The van der Waals surface area contributed by atoms with Crippen molar-refractivity contribution in [1.82, 2.24) is 9.78 Å². The van der Waals surface area contributed by atoms with Gasteiger partial charge in [-0.1, -0.05) is 49.8 Å². The van der Waals surface area contributed by atoms with E-state index in [2.05, 4.69) is 11.7 Å². The van der Waals surface area contributed by atoms with Crippen molar-refractivity contribution >= 4 is 6.08 Å². The number of rotatable bonds is 5. The molecule has 32 heavy (non-hydrogen) atoms. The number of aliphatic hydroxyl groups is 2. The van der Waals surface area contributed by atoms with Gasteiger partial charge in [0.15, 0.2) is 0 Å². The van der Waals surface area contributed by atoms with Crippen LogP contribution in [0.1, 0.15) is 56.2 Å². The first kappa shape index (κ1) is 21.1. The monoisotopic (exact) mass is 432 g/mol. The van der Waals surface area contributed by atoms with Gasteiger partial charge >= 0.3 is 0 Å². The van der Waals surface area contributed by atoms with E-state index < -0.39 is 11.3 Å². The van der Waals surface area contributed by atoms with Gasteiger partial charge in [0.05, 0.1) is 18.3 Å². The first-order valence-corrected chi connectivity index (χ1v) is 11.2. The summed E-state index contributed by atoms with van der Waals surface area (Å²) in [6.07, 6.45) is 9.44. The molecule has 5 heteroatoms. The third-order valence-corrected chi connectivity index (χ3v) is 7.44. The molecular formula is C27H29FN2O2. The number of aliphatic hydroxyl groups excluding tert-OH is 1. The average Bonchev–Trinajstić information content (AvgIpc) is 3.51. The Labute approximate surface area is 188 Å². The van der Waals surface area contributed by atoms with E-state index >= 15 is 4.39 Å². The quantitative estimate of drug-likeness (QED) is 0.566. The highest BCUT2D eigenvalue weighted by atomic mass is 19.1. The molecule has 2 aliphatic rings. The highest BCUT2D eigenvalue weighted by Crippen LogP contribution is 2.56. The van der Waals surface area contributed by atoms with Gasteiger partial charge in [0.25, 0.3) is 0 Å². The number of benzene rings is 2. The van der Waals surface area contributed by atoms with Crippen molar-refractivity contribution in [3.8, 4) is 22.3 Å². The Bertz CT molecular complexity index is 1200. The van der Waals surface area contributed by atoms with Gasteiger partial charge in [-0.15, -0.1) is 0 Å². The van der Waals surface area contributed by atoms with E-state index in [0.717, 1.165) is 53.5 Å². The van der Waals surface area contributed by atoms with E-state index in [1.165, 1.54) is 13.8 Å². The van der Waals surface area contributed by atoms with Gasteiger partial charge in [0.1, 0.15) is 11.3 Å². The molecule has 166 valence electrons. The van der Waals surface area contributed by atoms with Crippen LogP contribution >= 0.6 is 0 Å². The molecule has 2 N–H and O–H groups in total. The molecule has 1 saturated carbocycles. The first-order valence-electron chi connectivity index (χ1n) is 11.2. The fraction of sp³-hybridized carbons (Fsp3) is 0.370. The molecule has 1 atom stereocenters. The summed E-state index contributed by atoms with van der Waals surface area (Å²) in [6, 6.07) is 11.3. The van der Waals surface area contributed by atoms with Gasteiger partial charge in [-0.05, 0) is 66.6 Å². The van der Waals surface area contributed by atoms with Gasteiger partial charge < -0.3 is 10.2 Å². The minimum Gasteiger partial charge on any atom is -0.394 e. The topological polar surface area (TPSA) is 58.3 Å². The molecule has 5 rings (SSSR count). The van der Waals surface area contributed by atoms with Gasteiger partial charge in [-0.3, -0.25) is 4.68 Å². The maximum absolute atomic E-state index is 15.6. The summed E-state index contributed by atoms with van der Waals surface area (Å²) in [7, 11) is 0. The lowest BCUT2D eigenvalue weighted by Gasteiger charge is -2.35. The van der Waals surface area contributed by atoms with Crippen molar-refractivity contribution in [2.45, 2.75) is 56.3 Å². The second kappa shape index (κ2) is 7.12. The Morgan fingerprint density at radius 3 is 2.53 bits per heavy atom. The predicted molar refractivity (Wildman–Crippen MR) is 125 cm³/mol. The molecule has 1 fully saturated rings. The van der Waals surface area contributed by atoms with E-state index in [-0.39, 0.29) is 12.1 Å². The van der Waals surface area contributed by atoms with E-state index in [9.17, 15) is 10.2 Å². The number of nitrogens with zero attached hydrogens (tertiary/aromatic N) is 2. The fourth-order valence-electron chi connectivity index (χ4n) is 5.60. The van der Waals surface area contributed by atoms with Gasteiger partial charge in [0.2, 0.25) is 0 Å². The average molecular weight is 433 g/mol. The summed E-state index contributed by atoms with van der Waals surface area (Å²) in [6.45, 7) is 6.80. The minimum atomic E-state index is -1.90. The number of alkyl halides is 1. The summed E-state index contributed by atoms with van der Waals surface area (Å²) < 4.78 is 17.5. The molecule has 1 heterocycles. The zero-order valence-electron chi connectivity index (χ0n) is 18.6. The largest absolute Gasteiger partial charge is 0.394 e. The summed E-state index contributed by atoms with van der Waals surface area (Å²) in [5, 5.41) is 26.6. The van der Waals surface area contributed by atoms with Crippen molar-refractivity contribution < 1.29 is 14.6 Å². The number of hydrogen-bond donors (Lipinski definition) is 2. The van der Waals surface area contributed by atoms with Gasteiger partial charge in [-0.2, -0.15) is 5.10 Å². The van der Waals surface area contributed by atoms with Crippen LogP contribution in [0.15, 0.2) is 55.4 Å². The van der Waals surface area contributed by atoms with Crippen LogP contribution in [0.25, 0.3) is 28.3 Å². The number of fused-ring (bicyclic) bond motifs is 3. The molecule has 2 aromatic carbocycles. The smallest absolute Gasteiger partial charge is 0.149 e. The van der Waals surface area contributed by atoms with E-state index in [1.807, 2.05) is 41.2 Å². The van der Waals surface area contributed by atoms with E-state index in [4.69, 9.17) is 0 Å². The van der Waals surface area contributed by atoms with Crippen LogP contribution < -0.4 is 0 Å². The molecule has 0 aliphatic heterocycles.